The lowest BCUT2D eigenvalue weighted by atomic mass is 10.2. The van der Waals surface area contributed by atoms with Crippen molar-refractivity contribution in [1.82, 2.24) is 10.2 Å². The predicted molar refractivity (Wildman–Crippen MR) is 44.4 cm³/mol. The predicted octanol–water partition coefficient (Wildman–Crippen LogP) is 3.07. The van der Waals surface area contributed by atoms with Gasteiger partial charge in [-0.05, 0) is 13.8 Å². The lowest BCUT2D eigenvalue weighted by Crippen LogP contribution is -2.07. The first-order valence-electron chi connectivity index (χ1n) is 4.01. The van der Waals surface area contributed by atoms with Crippen LogP contribution in [0.2, 0.25) is 0 Å². The lowest BCUT2D eigenvalue weighted by molar-refractivity contribution is -0.141. The number of hydrogen-bond donors (Lipinski definition) is 1. The molecule has 0 atom stereocenters. The van der Waals surface area contributed by atoms with Gasteiger partial charge in [-0.2, -0.15) is 18.3 Å². The van der Waals surface area contributed by atoms with E-state index in [0.29, 0.717) is 5.69 Å². The Morgan fingerprint density at radius 2 is 1.62 bits per heavy atom. The van der Waals surface area contributed by atoms with Crippen LogP contribution in [-0.2, 0) is 6.18 Å². The Hall–Kier alpha value is -1.00. The Labute approximate surface area is 75.2 Å². The van der Waals surface area contributed by atoms with Gasteiger partial charge in [0.15, 0.2) is 5.69 Å². The number of nitrogens with zero attached hydrogens (tertiary/aromatic N) is 1. The molecule has 1 N–H and O–H groups in total. The summed E-state index contributed by atoms with van der Waals surface area (Å²) in [5.41, 5.74) is -0.204. The van der Waals surface area contributed by atoms with Gasteiger partial charge in [0.2, 0.25) is 0 Å². The molecule has 0 unspecified atom stereocenters. The molecule has 0 bridgehead atoms. The fourth-order valence-electron chi connectivity index (χ4n) is 0.761. The van der Waals surface area contributed by atoms with Gasteiger partial charge in [-0.25, -0.2) is 0 Å². The molecule has 0 aliphatic rings. The van der Waals surface area contributed by atoms with Gasteiger partial charge in [-0.1, -0.05) is 13.8 Å². The molecule has 1 heterocycles. The number of alkyl halides is 3. The zero-order valence-corrected chi connectivity index (χ0v) is 8.08. The maximum absolute atomic E-state index is 12.0. The van der Waals surface area contributed by atoms with Crippen LogP contribution in [-0.4, -0.2) is 10.2 Å². The number of hydrogen-bond acceptors (Lipinski definition) is 1. The fourth-order valence-corrected chi connectivity index (χ4v) is 0.761. The van der Waals surface area contributed by atoms with E-state index in [1.165, 1.54) is 6.92 Å². The first kappa shape index (κ1) is 12.0. The van der Waals surface area contributed by atoms with Gasteiger partial charge >= 0.3 is 6.18 Å². The lowest BCUT2D eigenvalue weighted by Gasteiger charge is -2.01. The maximum Gasteiger partial charge on any atom is 0.435 e. The van der Waals surface area contributed by atoms with Crippen molar-refractivity contribution in [3.63, 3.8) is 0 Å². The zero-order valence-electron chi connectivity index (χ0n) is 8.08. The molecular weight excluding hydrogens is 181 g/mol. The van der Waals surface area contributed by atoms with Crippen molar-refractivity contribution in [1.29, 1.82) is 0 Å². The second-order valence-corrected chi connectivity index (χ2v) is 2.32. The summed E-state index contributed by atoms with van der Waals surface area (Å²) < 4.78 is 35.9. The third-order valence-electron chi connectivity index (χ3n) is 1.52. The van der Waals surface area contributed by atoms with Gasteiger partial charge in [0, 0.05) is 11.3 Å². The van der Waals surface area contributed by atoms with E-state index in [4.69, 9.17) is 0 Å². The summed E-state index contributed by atoms with van der Waals surface area (Å²) in [5.74, 6) is 0. The second-order valence-electron chi connectivity index (χ2n) is 2.32. The summed E-state index contributed by atoms with van der Waals surface area (Å²) in [6.07, 6.45) is -4.34. The minimum atomic E-state index is -4.34. The van der Waals surface area contributed by atoms with E-state index < -0.39 is 11.9 Å². The van der Waals surface area contributed by atoms with Crippen LogP contribution in [0.25, 0.3) is 0 Å². The van der Waals surface area contributed by atoms with Crippen LogP contribution in [0.3, 0.4) is 0 Å². The molecule has 0 amide bonds. The Morgan fingerprint density at radius 3 is 1.77 bits per heavy atom. The minimum Gasteiger partial charge on any atom is -0.282 e. The van der Waals surface area contributed by atoms with Crippen molar-refractivity contribution < 1.29 is 13.2 Å². The summed E-state index contributed by atoms with van der Waals surface area (Å²) >= 11 is 0. The number of H-pyrrole nitrogens is 1. The van der Waals surface area contributed by atoms with E-state index in [1.807, 2.05) is 13.8 Å². The van der Waals surface area contributed by atoms with Crippen molar-refractivity contribution in [2.75, 3.05) is 0 Å². The first-order chi connectivity index (χ1) is 5.93. The molecule has 5 heteroatoms. The third kappa shape index (κ3) is 2.75. The summed E-state index contributed by atoms with van der Waals surface area (Å²) in [5, 5.41) is 5.41. The first-order valence-corrected chi connectivity index (χ1v) is 4.01. The summed E-state index contributed by atoms with van der Waals surface area (Å²) in [6.45, 7) is 6.94. The van der Waals surface area contributed by atoms with Gasteiger partial charge in [-0.15, -0.1) is 0 Å². The van der Waals surface area contributed by atoms with Crippen molar-refractivity contribution in [2.45, 2.75) is 33.9 Å². The number of halogens is 3. The average molecular weight is 194 g/mol. The molecule has 0 aliphatic carbocycles. The highest BCUT2D eigenvalue weighted by Gasteiger charge is 2.35. The van der Waals surface area contributed by atoms with Gasteiger partial charge in [-0.3, -0.25) is 5.10 Å². The highest BCUT2D eigenvalue weighted by atomic mass is 19.4. The normalized spacial score (nSPS) is 10.7. The highest BCUT2D eigenvalue weighted by Crippen LogP contribution is 2.30. The summed E-state index contributed by atoms with van der Waals surface area (Å²) in [4.78, 5) is 0. The molecule has 0 saturated carbocycles. The Balaban J connectivity index is 0.000000671. The van der Waals surface area contributed by atoms with Crippen molar-refractivity contribution in [3.8, 4) is 0 Å². The Morgan fingerprint density at radius 1 is 1.15 bits per heavy atom. The molecule has 0 spiro atoms. The molecule has 0 aromatic carbocycles. The Kier molecular flexibility index (Phi) is 3.97. The topological polar surface area (TPSA) is 28.7 Å². The molecule has 0 aliphatic heterocycles. The summed E-state index contributed by atoms with van der Waals surface area (Å²) in [6, 6.07) is 0. The Bertz CT molecular complexity index is 263. The second kappa shape index (κ2) is 4.30. The van der Waals surface area contributed by atoms with Crippen LogP contribution in [0, 0.1) is 13.8 Å². The molecule has 0 radical (unpaired) electrons. The number of nitrogens with one attached hydrogen (secondary N) is 1. The quantitative estimate of drug-likeness (QED) is 0.675. The van der Waals surface area contributed by atoms with E-state index in [9.17, 15) is 13.2 Å². The van der Waals surface area contributed by atoms with Gasteiger partial charge < -0.3 is 0 Å². The van der Waals surface area contributed by atoms with Crippen LogP contribution in [0.1, 0.15) is 30.8 Å². The highest BCUT2D eigenvalue weighted by molar-refractivity contribution is 5.24. The molecule has 13 heavy (non-hydrogen) atoms. The van der Waals surface area contributed by atoms with E-state index in [1.54, 1.807) is 6.92 Å². The number of rotatable bonds is 0. The molecule has 2 nitrogen and oxygen atoms in total. The van der Waals surface area contributed by atoms with Gasteiger partial charge in [0.1, 0.15) is 0 Å². The van der Waals surface area contributed by atoms with Crippen molar-refractivity contribution in [3.05, 3.63) is 17.0 Å². The SMILES string of the molecule is CC.Cc1[nH]nc(C(F)(F)F)c1C. The molecular formula is C8H13F3N2. The largest absolute Gasteiger partial charge is 0.435 e. The van der Waals surface area contributed by atoms with Crippen LogP contribution in [0.5, 0.6) is 0 Å². The fraction of sp³-hybridized carbons (Fsp3) is 0.625. The smallest absolute Gasteiger partial charge is 0.282 e. The summed E-state index contributed by atoms with van der Waals surface area (Å²) in [7, 11) is 0. The number of aromatic nitrogens is 2. The molecule has 76 valence electrons. The van der Waals surface area contributed by atoms with Gasteiger partial charge in [0.05, 0.1) is 0 Å². The molecule has 0 fully saturated rings. The van der Waals surface area contributed by atoms with Crippen LogP contribution in [0.15, 0.2) is 0 Å². The van der Waals surface area contributed by atoms with Crippen LogP contribution < -0.4 is 0 Å². The van der Waals surface area contributed by atoms with Crippen molar-refractivity contribution in [2.24, 2.45) is 0 Å². The zero-order chi connectivity index (χ0) is 10.6. The molecule has 1 rings (SSSR count). The number of aryl methyl sites for hydroxylation is 1. The third-order valence-corrected chi connectivity index (χ3v) is 1.52. The van der Waals surface area contributed by atoms with Gasteiger partial charge in [0.25, 0.3) is 0 Å². The standard InChI is InChI=1S/C6H7F3N2.C2H6/c1-3-4(2)10-11-5(3)6(7,8)9;1-2/h1-2H3,(H,10,11);1-2H3. The molecule has 1 aromatic heterocycles. The minimum absolute atomic E-state index is 0.164. The average Bonchev–Trinajstić information content (AvgIpc) is 2.36. The molecule has 0 saturated heterocycles. The monoisotopic (exact) mass is 194 g/mol. The maximum atomic E-state index is 12.0. The van der Waals surface area contributed by atoms with E-state index in [0.717, 1.165) is 0 Å². The van der Waals surface area contributed by atoms with Crippen LogP contribution in [0.4, 0.5) is 13.2 Å². The number of aromatic amines is 1. The van der Waals surface area contributed by atoms with E-state index in [-0.39, 0.29) is 5.56 Å². The van der Waals surface area contributed by atoms with Crippen LogP contribution >= 0.6 is 0 Å². The van der Waals surface area contributed by atoms with Crippen molar-refractivity contribution >= 4 is 0 Å². The molecule has 1 aromatic rings. The van der Waals surface area contributed by atoms with E-state index in [2.05, 4.69) is 10.2 Å². The van der Waals surface area contributed by atoms with E-state index >= 15 is 0 Å².